The number of nitrogens with two attached hydrogens (primary N) is 1. The maximum Gasteiger partial charge on any atom is 0.323 e. The lowest BCUT2D eigenvalue weighted by Gasteiger charge is -2.09. The largest absolute Gasteiger partial charge is 0.389 e. The van der Waals surface area contributed by atoms with Crippen molar-refractivity contribution in [1.82, 2.24) is 0 Å². The van der Waals surface area contributed by atoms with Gasteiger partial charge in [-0.2, -0.15) is 0 Å². The van der Waals surface area contributed by atoms with E-state index in [1.165, 1.54) is 30.3 Å². The van der Waals surface area contributed by atoms with Gasteiger partial charge >= 0.3 is 6.03 Å². The van der Waals surface area contributed by atoms with Crippen LogP contribution in [0.25, 0.3) is 0 Å². The molecule has 0 saturated carbocycles. The minimum Gasteiger partial charge on any atom is -0.389 e. The number of thiocarbonyl (C=S) groups is 1. The van der Waals surface area contributed by atoms with Gasteiger partial charge in [0, 0.05) is 5.56 Å². The molecule has 2 amide bonds. The first-order chi connectivity index (χ1) is 9.97. The van der Waals surface area contributed by atoms with Crippen LogP contribution in [0, 0.1) is 11.6 Å². The molecule has 0 heterocycles. The molecule has 108 valence electrons. The predicted octanol–water partition coefficient (Wildman–Crippen LogP) is 3.24. The molecule has 2 aromatic rings. The highest BCUT2D eigenvalue weighted by molar-refractivity contribution is 7.80. The van der Waals surface area contributed by atoms with E-state index in [0.717, 1.165) is 6.07 Å². The van der Waals surface area contributed by atoms with E-state index >= 15 is 0 Å². The molecule has 0 atom stereocenters. The van der Waals surface area contributed by atoms with E-state index in [4.69, 9.17) is 18.0 Å². The van der Waals surface area contributed by atoms with E-state index in [1.807, 2.05) is 0 Å². The number of carbonyl (C=O) groups is 1. The zero-order valence-corrected chi connectivity index (χ0v) is 11.5. The number of halogens is 2. The summed E-state index contributed by atoms with van der Waals surface area (Å²) in [5.74, 6) is -1.28. The van der Waals surface area contributed by atoms with E-state index in [2.05, 4.69) is 10.6 Å². The van der Waals surface area contributed by atoms with Gasteiger partial charge in [-0.3, -0.25) is 0 Å². The van der Waals surface area contributed by atoms with Crippen molar-refractivity contribution in [2.45, 2.75) is 0 Å². The monoisotopic (exact) mass is 307 g/mol. The first-order valence-corrected chi connectivity index (χ1v) is 6.30. The Morgan fingerprint density at radius 2 is 1.62 bits per heavy atom. The summed E-state index contributed by atoms with van der Waals surface area (Å²) in [6.07, 6.45) is 0. The average molecular weight is 307 g/mol. The topological polar surface area (TPSA) is 67.1 Å². The Morgan fingerprint density at radius 3 is 2.19 bits per heavy atom. The van der Waals surface area contributed by atoms with Crippen molar-refractivity contribution in [1.29, 1.82) is 0 Å². The zero-order chi connectivity index (χ0) is 15.4. The van der Waals surface area contributed by atoms with E-state index in [0.29, 0.717) is 5.56 Å². The summed E-state index contributed by atoms with van der Waals surface area (Å²) in [5, 5.41) is 4.56. The predicted molar refractivity (Wildman–Crippen MR) is 81.3 cm³/mol. The number of amides is 2. The van der Waals surface area contributed by atoms with Gasteiger partial charge in [-0.1, -0.05) is 24.4 Å². The van der Waals surface area contributed by atoms with Gasteiger partial charge in [-0.05, 0) is 30.3 Å². The molecule has 21 heavy (non-hydrogen) atoms. The molecule has 0 fully saturated rings. The third-order valence-corrected chi connectivity index (χ3v) is 2.86. The Bertz CT molecular complexity index is 706. The van der Waals surface area contributed by atoms with Crippen LogP contribution in [0.15, 0.2) is 42.5 Å². The number of carbonyl (C=O) groups excluding carboxylic acids is 1. The highest BCUT2D eigenvalue weighted by atomic mass is 32.1. The van der Waals surface area contributed by atoms with Crippen molar-refractivity contribution in [3.8, 4) is 0 Å². The second-order valence-electron chi connectivity index (χ2n) is 4.12. The van der Waals surface area contributed by atoms with Crippen molar-refractivity contribution in [3.63, 3.8) is 0 Å². The molecule has 2 rings (SSSR count). The van der Waals surface area contributed by atoms with Crippen molar-refractivity contribution in [2.75, 3.05) is 10.6 Å². The van der Waals surface area contributed by atoms with Gasteiger partial charge in [-0.25, -0.2) is 13.6 Å². The molecule has 0 aromatic heterocycles. The minimum atomic E-state index is -0.762. The van der Waals surface area contributed by atoms with Crippen molar-refractivity contribution < 1.29 is 13.6 Å². The second kappa shape index (κ2) is 6.27. The van der Waals surface area contributed by atoms with Crippen LogP contribution in [0.1, 0.15) is 5.56 Å². The maximum absolute atomic E-state index is 13.8. The highest BCUT2D eigenvalue weighted by Gasteiger charge is 2.10. The summed E-state index contributed by atoms with van der Waals surface area (Å²) in [5.41, 5.74) is 5.66. The molecule has 0 unspecified atom stereocenters. The number of para-hydroxylation sites is 1. The first-order valence-electron chi connectivity index (χ1n) is 5.89. The number of hydrogen-bond acceptors (Lipinski definition) is 2. The molecule has 0 saturated heterocycles. The van der Waals surface area contributed by atoms with Gasteiger partial charge in [0.2, 0.25) is 0 Å². The Labute approximate surface area is 125 Å². The van der Waals surface area contributed by atoms with Gasteiger partial charge in [-0.15, -0.1) is 0 Å². The molecule has 0 spiro atoms. The Balaban J connectivity index is 2.10. The van der Waals surface area contributed by atoms with Crippen LogP contribution >= 0.6 is 12.2 Å². The van der Waals surface area contributed by atoms with Crippen molar-refractivity contribution >= 4 is 34.6 Å². The first kappa shape index (κ1) is 14.9. The number of benzene rings is 2. The van der Waals surface area contributed by atoms with Gasteiger partial charge < -0.3 is 16.4 Å². The fourth-order valence-corrected chi connectivity index (χ4v) is 1.74. The Kier molecular flexibility index (Phi) is 4.44. The molecule has 0 aliphatic rings. The SMILES string of the molecule is NC(=S)c1ccc(NC(=O)Nc2ccccc2F)c(F)c1. The molecular formula is C14H11F2N3OS. The molecule has 7 heteroatoms. The van der Waals surface area contributed by atoms with Crippen LogP contribution in [0.5, 0.6) is 0 Å². The van der Waals surface area contributed by atoms with Gasteiger partial charge in [0.25, 0.3) is 0 Å². The van der Waals surface area contributed by atoms with Crippen molar-refractivity contribution in [2.24, 2.45) is 5.73 Å². The lowest BCUT2D eigenvalue weighted by Crippen LogP contribution is -2.21. The van der Waals surface area contributed by atoms with Crippen LogP contribution in [-0.4, -0.2) is 11.0 Å². The second-order valence-corrected chi connectivity index (χ2v) is 4.56. The van der Waals surface area contributed by atoms with E-state index in [-0.39, 0.29) is 16.4 Å². The molecule has 0 aliphatic heterocycles. The number of rotatable bonds is 3. The minimum absolute atomic E-state index is 0.00448. The number of anilines is 2. The zero-order valence-electron chi connectivity index (χ0n) is 10.7. The normalized spacial score (nSPS) is 10.0. The number of hydrogen-bond donors (Lipinski definition) is 3. The molecule has 0 bridgehead atoms. The molecule has 4 N–H and O–H groups in total. The van der Waals surface area contributed by atoms with E-state index in [9.17, 15) is 13.6 Å². The lowest BCUT2D eigenvalue weighted by molar-refractivity contribution is 0.262. The third-order valence-electron chi connectivity index (χ3n) is 2.62. The van der Waals surface area contributed by atoms with Gasteiger partial charge in [0.1, 0.15) is 16.6 Å². The summed E-state index contributed by atoms with van der Waals surface area (Å²) in [4.78, 5) is 11.8. The molecule has 4 nitrogen and oxygen atoms in total. The van der Waals surface area contributed by atoms with E-state index in [1.54, 1.807) is 6.07 Å². The van der Waals surface area contributed by atoms with Gasteiger partial charge in [0.05, 0.1) is 11.4 Å². The summed E-state index contributed by atoms with van der Waals surface area (Å²) >= 11 is 4.72. The summed E-state index contributed by atoms with van der Waals surface area (Å²) in [6, 6.07) is 8.80. The van der Waals surface area contributed by atoms with Crippen LogP contribution in [-0.2, 0) is 0 Å². The number of nitrogens with one attached hydrogen (secondary N) is 2. The van der Waals surface area contributed by atoms with Crippen LogP contribution in [0.3, 0.4) is 0 Å². The molecule has 0 aliphatic carbocycles. The molecule has 2 aromatic carbocycles. The maximum atomic E-state index is 13.8. The lowest BCUT2D eigenvalue weighted by atomic mass is 10.2. The number of urea groups is 1. The smallest absolute Gasteiger partial charge is 0.323 e. The third kappa shape index (κ3) is 3.73. The Morgan fingerprint density at radius 1 is 1.00 bits per heavy atom. The highest BCUT2D eigenvalue weighted by Crippen LogP contribution is 2.17. The average Bonchev–Trinajstić information content (AvgIpc) is 2.43. The Hall–Kier alpha value is -2.54. The fourth-order valence-electron chi connectivity index (χ4n) is 1.61. The quantitative estimate of drug-likeness (QED) is 0.763. The summed E-state index contributed by atoms with van der Waals surface area (Å²) < 4.78 is 27.1. The van der Waals surface area contributed by atoms with Gasteiger partial charge in [0.15, 0.2) is 0 Å². The summed E-state index contributed by atoms with van der Waals surface area (Å²) in [7, 11) is 0. The van der Waals surface area contributed by atoms with E-state index < -0.39 is 17.7 Å². The fraction of sp³-hybridized carbons (Fsp3) is 0. The van der Waals surface area contributed by atoms with Crippen LogP contribution in [0.2, 0.25) is 0 Å². The van der Waals surface area contributed by atoms with Crippen LogP contribution < -0.4 is 16.4 Å². The standard InChI is InChI=1S/C14H11F2N3OS/c15-9-3-1-2-4-11(9)18-14(20)19-12-6-5-8(13(17)21)7-10(12)16/h1-7H,(H2,17,21)(H2,18,19,20). The van der Waals surface area contributed by atoms with Crippen molar-refractivity contribution in [3.05, 3.63) is 59.7 Å². The molecule has 0 radical (unpaired) electrons. The molecular weight excluding hydrogens is 296 g/mol. The van der Waals surface area contributed by atoms with Crippen LogP contribution in [0.4, 0.5) is 25.0 Å². The summed E-state index contributed by atoms with van der Waals surface area (Å²) in [6.45, 7) is 0.